The smallest absolute Gasteiger partial charge is 0.189 e. The van der Waals surface area contributed by atoms with Gasteiger partial charge in [0.15, 0.2) is 5.78 Å². The van der Waals surface area contributed by atoms with Crippen LogP contribution < -0.4 is 0 Å². The van der Waals surface area contributed by atoms with Crippen LogP contribution in [0, 0.1) is 20.8 Å². The van der Waals surface area contributed by atoms with Crippen molar-refractivity contribution in [2.45, 2.75) is 48.5 Å². The number of ketones is 1. The van der Waals surface area contributed by atoms with E-state index < -0.39 is 0 Å². The van der Waals surface area contributed by atoms with Gasteiger partial charge in [-0.25, -0.2) is 0 Å². The van der Waals surface area contributed by atoms with Crippen LogP contribution in [0.4, 0.5) is 0 Å². The van der Waals surface area contributed by atoms with Crippen molar-refractivity contribution >= 4 is 11.4 Å². The summed E-state index contributed by atoms with van der Waals surface area (Å²) >= 11 is 0. The lowest BCUT2D eigenvalue weighted by Gasteiger charge is -2.19. The van der Waals surface area contributed by atoms with Gasteiger partial charge in [-0.05, 0) is 62.5 Å². The summed E-state index contributed by atoms with van der Waals surface area (Å²) in [6, 6.07) is 14.1. The van der Waals surface area contributed by atoms with Crippen molar-refractivity contribution in [1.29, 1.82) is 0 Å². The lowest BCUT2D eigenvalue weighted by atomic mass is 9.83. The molecule has 0 saturated carbocycles. The molecule has 25 heavy (non-hydrogen) atoms. The summed E-state index contributed by atoms with van der Waals surface area (Å²) in [6.07, 6.45) is 0. The van der Waals surface area contributed by atoms with Crippen molar-refractivity contribution in [2.24, 2.45) is 0 Å². The van der Waals surface area contributed by atoms with Crippen molar-refractivity contribution in [3.63, 3.8) is 0 Å². The molecule has 0 spiro atoms. The van der Waals surface area contributed by atoms with E-state index in [1.807, 2.05) is 52.0 Å². The van der Waals surface area contributed by atoms with E-state index in [1.54, 1.807) is 0 Å². The molecule has 2 aromatic carbocycles. The molecule has 0 aromatic heterocycles. The molecule has 1 heteroatoms. The third-order valence-electron chi connectivity index (χ3n) is 4.51. The summed E-state index contributed by atoms with van der Waals surface area (Å²) in [5.41, 5.74) is 8.65. The molecule has 3 rings (SSSR count). The first-order valence-corrected chi connectivity index (χ1v) is 8.87. The maximum absolute atomic E-state index is 11.9. The van der Waals surface area contributed by atoms with Crippen molar-refractivity contribution in [1.82, 2.24) is 0 Å². The number of fused-ring (bicyclic) bond motifs is 1. The molecular formula is C24H30O. The highest BCUT2D eigenvalue weighted by Crippen LogP contribution is 2.33. The van der Waals surface area contributed by atoms with Crippen LogP contribution in [-0.2, 0) is 0 Å². The zero-order valence-electron chi connectivity index (χ0n) is 16.7. The molecule has 0 N–H and O–H groups in total. The van der Waals surface area contributed by atoms with E-state index in [2.05, 4.69) is 45.5 Å². The predicted molar refractivity (Wildman–Crippen MR) is 110 cm³/mol. The Kier molecular flexibility index (Phi) is 7.57. The maximum Gasteiger partial charge on any atom is 0.189 e. The predicted octanol–water partition coefficient (Wildman–Crippen LogP) is 6.87. The lowest BCUT2D eigenvalue weighted by molar-refractivity contribution is 0.103. The Morgan fingerprint density at radius 2 is 1.28 bits per heavy atom. The van der Waals surface area contributed by atoms with Crippen LogP contribution in [-0.4, -0.2) is 5.78 Å². The number of hydrogen-bond donors (Lipinski definition) is 0. The topological polar surface area (TPSA) is 17.1 Å². The van der Waals surface area contributed by atoms with Gasteiger partial charge in [-0.1, -0.05) is 68.5 Å². The number of aryl methyl sites for hydroxylation is 3. The Hall–Kier alpha value is -2.41. The zero-order chi connectivity index (χ0) is 19.1. The van der Waals surface area contributed by atoms with E-state index in [4.69, 9.17) is 0 Å². The summed E-state index contributed by atoms with van der Waals surface area (Å²) in [6.45, 7) is 18.2. The molecule has 0 heterocycles. The molecule has 0 radical (unpaired) electrons. The molecule has 1 aliphatic rings. The standard InChI is InChI=1S/C13H12O.C9H12.C2H6/c1-8-9(2)11-6-4-5-7-12(11)13(14)10(8)3;1-7-4-5-8(2)9(3)6-7;1-2/h4-7H,2H2,1,3H3;4-6H,1-3H3;1-2H3. The minimum atomic E-state index is 0.130. The normalized spacial score (nSPS) is 12.6. The van der Waals surface area contributed by atoms with Gasteiger partial charge >= 0.3 is 0 Å². The number of benzene rings is 2. The highest BCUT2D eigenvalue weighted by Gasteiger charge is 2.22. The highest BCUT2D eigenvalue weighted by molar-refractivity contribution is 6.16. The number of carbonyl (C=O) groups is 1. The fraction of sp³-hybridized carbons (Fsp3) is 0.292. The second kappa shape index (κ2) is 9.17. The van der Waals surface area contributed by atoms with Crippen molar-refractivity contribution in [2.75, 3.05) is 0 Å². The van der Waals surface area contributed by atoms with Crippen LogP contribution in [0.1, 0.15) is 60.3 Å². The third kappa shape index (κ3) is 4.79. The number of Topliss-reactive ketones (excluding diaryl/α,β-unsaturated/α-hetero) is 1. The monoisotopic (exact) mass is 334 g/mol. The molecule has 2 aromatic rings. The first kappa shape index (κ1) is 20.6. The summed E-state index contributed by atoms with van der Waals surface area (Å²) < 4.78 is 0. The lowest BCUT2D eigenvalue weighted by Crippen LogP contribution is -2.12. The largest absolute Gasteiger partial charge is 0.289 e. The Bertz CT molecular complexity index is 764. The summed E-state index contributed by atoms with van der Waals surface area (Å²) in [5, 5.41) is 0. The SMILES string of the molecule is C=C1C(C)=C(C)C(=O)c2ccccc21.CC.Cc1ccc(C)c(C)c1. The van der Waals surface area contributed by atoms with Crippen LogP contribution in [0.3, 0.4) is 0 Å². The minimum absolute atomic E-state index is 0.130. The van der Waals surface area contributed by atoms with Gasteiger partial charge in [-0.15, -0.1) is 0 Å². The quantitative estimate of drug-likeness (QED) is 0.513. The Balaban J connectivity index is 0.000000246. The molecule has 132 valence electrons. The molecular weight excluding hydrogens is 304 g/mol. The van der Waals surface area contributed by atoms with Crippen LogP contribution in [0.5, 0.6) is 0 Å². The van der Waals surface area contributed by atoms with E-state index in [0.29, 0.717) is 0 Å². The van der Waals surface area contributed by atoms with E-state index in [9.17, 15) is 4.79 Å². The Morgan fingerprint density at radius 3 is 1.80 bits per heavy atom. The molecule has 0 aliphatic heterocycles. The van der Waals surface area contributed by atoms with Crippen LogP contribution in [0.2, 0.25) is 0 Å². The van der Waals surface area contributed by atoms with Gasteiger partial charge in [-0.2, -0.15) is 0 Å². The Morgan fingerprint density at radius 1 is 0.720 bits per heavy atom. The maximum atomic E-state index is 11.9. The summed E-state index contributed by atoms with van der Waals surface area (Å²) in [5.74, 6) is 0.130. The van der Waals surface area contributed by atoms with Crippen molar-refractivity contribution in [3.05, 3.63) is 88.0 Å². The van der Waals surface area contributed by atoms with Gasteiger partial charge in [0, 0.05) is 11.1 Å². The average Bonchev–Trinajstić information content (AvgIpc) is 2.63. The van der Waals surface area contributed by atoms with Crippen molar-refractivity contribution in [3.8, 4) is 0 Å². The summed E-state index contributed by atoms with van der Waals surface area (Å²) in [4.78, 5) is 11.9. The Labute approximate surface area is 153 Å². The van der Waals surface area contributed by atoms with Crippen LogP contribution in [0.15, 0.2) is 60.2 Å². The van der Waals surface area contributed by atoms with Gasteiger partial charge in [0.25, 0.3) is 0 Å². The molecule has 0 saturated heterocycles. The van der Waals surface area contributed by atoms with E-state index in [-0.39, 0.29) is 5.78 Å². The van der Waals surface area contributed by atoms with Gasteiger partial charge in [0.1, 0.15) is 0 Å². The van der Waals surface area contributed by atoms with Gasteiger partial charge < -0.3 is 0 Å². The molecule has 1 nitrogen and oxygen atoms in total. The number of rotatable bonds is 0. The van der Waals surface area contributed by atoms with E-state index in [0.717, 1.165) is 27.8 Å². The number of hydrogen-bond acceptors (Lipinski definition) is 1. The molecule has 1 aliphatic carbocycles. The molecule has 0 atom stereocenters. The zero-order valence-corrected chi connectivity index (χ0v) is 16.7. The second-order valence-corrected chi connectivity index (χ2v) is 6.19. The van der Waals surface area contributed by atoms with E-state index in [1.165, 1.54) is 16.7 Å². The number of carbonyl (C=O) groups excluding carboxylic acids is 1. The minimum Gasteiger partial charge on any atom is -0.289 e. The molecule has 0 fully saturated rings. The van der Waals surface area contributed by atoms with Gasteiger partial charge in [0.2, 0.25) is 0 Å². The van der Waals surface area contributed by atoms with Gasteiger partial charge in [0.05, 0.1) is 0 Å². The van der Waals surface area contributed by atoms with Crippen molar-refractivity contribution < 1.29 is 4.79 Å². The highest BCUT2D eigenvalue weighted by atomic mass is 16.1. The second-order valence-electron chi connectivity index (χ2n) is 6.19. The van der Waals surface area contributed by atoms with Gasteiger partial charge in [-0.3, -0.25) is 4.79 Å². The fourth-order valence-electron chi connectivity index (χ4n) is 2.64. The first-order valence-electron chi connectivity index (χ1n) is 8.87. The average molecular weight is 335 g/mol. The molecule has 0 amide bonds. The number of allylic oxidation sites excluding steroid dienone is 3. The molecule has 0 unspecified atom stereocenters. The summed E-state index contributed by atoms with van der Waals surface area (Å²) in [7, 11) is 0. The first-order chi connectivity index (χ1) is 11.8. The van der Waals surface area contributed by atoms with E-state index >= 15 is 0 Å². The molecule has 0 bridgehead atoms. The van der Waals surface area contributed by atoms with Crippen LogP contribution >= 0.6 is 0 Å². The van der Waals surface area contributed by atoms with Crippen LogP contribution in [0.25, 0.3) is 5.57 Å². The third-order valence-corrected chi connectivity index (χ3v) is 4.51. The fourth-order valence-corrected chi connectivity index (χ4v) is 2.64.